The van der Waals surface area contributed by atoms with Crippen molar-refractivity contribution in [3.05, 3.63) is 69.6 Å². The highest BCUT2D eigenvalue weighted by Crippen LogP contribution is 2.29. The summed E-state index contributed by atoms with van der Waals surface area (Å²) in [5.74, 6) is 0.425. The van der Waals surface area contributed by atoms with E-state index in [2.05, 4.69) is 41.9 Å². The van der Waals surface area contributed by atoms with Gasteiger partial charge in [0, 0.05) is 28.2 Å². The maximum atomic E-state index is 12.7. The Morgan fingerprint density at radius 2 is 1.77 bits per heavy atom. The van der Waals surface area contributed by atoms with Gasteiger partial charge in [-0.1, -0.05) is 60.1 Å². The van der Waals surface area contributed by atoms with Gasteiger partial charge in [0.2, 0.25) is 0 Å². The van der Waals surface area contributed by atoms with Crippen molar-refractivity contribution in [2.24, 2.45) is 5.92 Å². The van der Waals surface area contributed by atoms with Crippen LogP contribution in [0.4, 0.5) is 0 Å². The van der Waals surface area contributed by atoms with Crippen molar-refractivity contribution < 1.29 is 0 Å². The van der Waals surface area contributed by atoms with Gasteiger partial charge in [0.15, 0.2) is 0 Å². The molecule has 3 rings (SSSR count). The summed E-state index contributed by atoms with van der Waals surface area (Å²) in [6.07, 6.45) is 1.99. The van der Waals surface area contributed by atoms with Crippen LogP contribution in [0.2, 0.25) is 0 Å². The first-order valence-corrected chi connectivity index (χ1v) is 8.23. The van der Waals surface area contributed by atoms with Crippen LogP contribution in [0.1, 0.15) is 13.8 Å². The predicted octanol–water partition coefficient (Wildman–Crippen LogP) is 5.09. The third kappa shape index (κ3) is 2.86. The minimum Gasteiger partial charge on any atom is -0.314 e. The summed E-state index contributed by atoms with van der Waals surface area (Å²) in [5.41, 5.74) is 2.30. The first-order valence-electron chi connectivity index (χ1n) is 7.44. The number of benzene rings is 2. The average Bonchev–Trinajstić information content (AvgIpc) is 2.50. The molecule has 0 unspecified atom stereocenters. The predicted molar refractivity (Wildman–Crippen MR) is 96.2 cm³/mol. The first kappa shape index (κ1) is 15.0. The smallest absolute Gasteiger partial charge is 0.258 e. The molecule has 1 aromatic heterocycles. The minimum atomic E-state index is 0.0795. The van der Waals surface area contributed by atoms with Gasteiger partial charge in [-0.25, -0.2) is 0 Å². The second-order valence-corrected chi connectivity index (χ2v) is 6.87. The van der Waals surface area contributed by atoms with Crippen LogP contribution < -0.4 is 5.56 Å². The molecule has 2 nitrogen and oxygen atoms in total. The zero-order valence-electron chi connectivity index (χ0n) is 12.7. The second-order valence-electron chi connectivity index (χ2n) is 5.95. The molecular formula is C19H18BrNO. The van der Waals surface area contributed by atoms with Crippen molar-refractivity contribution in [1.29, 1.82) is 0 Å². The van der Waals surface area contributed by atoms with E-state index in [9.17, 15) is 4.79 Å². The molecule has 3 heteroatoms. The fraction of sp³-hybridized carbons (Fsp3) is 0.211. The van der Waals surface area contributed by atoms with Crippen LogP contribution in [0.15, 0.2) is 64.0 Å². The molecule has 0 atom stereocenters. The van der Waals surface area contributed by atoms with E-state index in [4.69, 9.17) is 0 Å². The van der Waals surface area contributed by atoms with Gasteiger partial charge in [-0.2, -0.15) is 0 Å². The Hall–Kier alpha value is -1.87. The number of halogens is 1. The van der Waals surface area contributed by atoms with E-state index in [-0.39, 0.29) is 5.56 Å². The molecule has 0 spiro atoms. The lowest BCUT2D eigenvalue weighted by Gasteiger charge is -2.14. The summed E-state index contributed by atoms with van der Waals surface area (Å²) in [5, 5.41) is 1.76. The van der Waals surface area contributed by atoms with Gasteiger partial charge in [-0.05, 0) is 35.1 Å². The maximum absolute atomic E-state index is 12.7. The Labute approximate surface area is 138 Å². The number of pyridine rings is 1. The van der Waals surface area contributed by atoms with Crippen LogP contribution in [0, 0.1) is 5.92 Å². The number of fused-ring (bicyclic) bond motifs is 1. The molecule has 0 amide bonds. The van der Waals surface area contributed by atoms with Gasteiger partial charge in [0.25, 0.3) is 5.56 Å². The largest absolute Gasteiger partial charge is 0.314 e. The summed E-state index contributed by atoms with van der Waals surface area (Å²) < 4.78 is 2.82. The van der Waals surface area contributed by atoms with E-state index in [0.29, 0.717) is 5.92 Å². The van der Waals surface area contributed by atoms with E-state index in [1.807, 2.05) is 47.2 Å². The average molecular weight is 356 g/mol. The molecule has 0 bridgehead atoms. The lowest BCUT2D eigenvalue weighted by atomic mass is 10.0. The highest BCUT2D eigenvalue weighted by Gasteiger charge is 2.11. The lowest BCUT2D eigenvalue weighted by molar-refractivity contribution is 0.514. The monoisotopic (exact) mass is 355 g/mol. The Morgan fingerprint density at radius 1 is 1.05 bits per heavy atom. The van der Waals surface area contributed by atoms with Crippen molar-refractivity contribution in [2.75, 3.05) is 0 Å². The molecule has 0 aliphatic heterocycles. The van der Waals surface area contributed by atoms with Crippen LogP contribution in [0.5, 0.6) is 0 Å². The van der Waals surface area contributed by atoms with Gasteiger partial charge >= 0.3 is 0 Å². The normalized spacial score (nSPS) is 11.3. The second kappa shape index (κ2) is 6.09. The van der Waals surface area contributed by atoms with Crippen LogP contribution in [-0.2, 0) is 6.54 Å². The summed E-state index contributed by atoms with van der Waals surface area (Å²) in [6, 6.07) is 16.1. The van der Waals surface area contributed by atoms with Crippen molar-refractivity contribution in [2.45, 2.75) is 20.4 Å². The third-order valence-electron chi connectivity index (χ3n) is 3.69. The molecule has 0 N–H and O–H groups in total. The van der Waals surface area contributed by atoms with Crippen LogP contribution >= 0.6 is 15.9 Å². The molecule has 0 aliphatic rings. The molecule has 3 aromatic rings. The number of aromatic nitrogens is 1. The highest BCUT2D eigenvalue weighted by molar-refractivity contribution is 9.10. The van der Waals surface area contributed by atoms with E-state index in [1.54, 1.807) is 0 Å². The quantitative estimate of drug-likeness (QED) is 0.641. The fourth-order valence-corrected chi connectivity index (χ4v) is 3.10. The Bertz CT molecular complexity index is 866. The van der Waals surface area contributed by atoms with Gasteiger partial charge in [-0.3, -0.25) is 4.79 Å². The van der Waals surface area contributed by atoms with Crippen LogP contribution in [-0.4, -0.2) is 4.57 Å². The fourth-order valence-electron chi connectivity index (χ4n) is 2.74. The molecule has 0 fully saturated rings. The third-order valence-corrected chi connectivity index (χ3v) is 4.19. The Morgan fingerprint density at radius 3 is 2.45 bits per heavy atom. The highest BCUT2D eigenvalue weighted by atomic mass is 79.9. The Kier molecular flexibility index (Phi) is 4.16. The standard InChI is InChI=1S/C19H18BrNO/c1-13(2)11-21-12-18(14-6-4-3-5-7-14)17-10-15(20)8-9-16(17)19(21)22/h3-10,12-13H,11H2,1-2H3. The Balaban J connectivity index is 2.36. The summed E-state index contributed by atoms with van der Waals surface area (Å²) in [4.78, 5) is 12.7. The number of hydrogen-bond donors (Lipinski definition) is 0. The van der Waals surface area contributed by atoms with Crippen LogP contribution in [0.25, 0.3) is 21.9 Å². The van der Waals surface area contributed by atoms with Crippen molar-refractivity contribution in [3.63, 3.8) is 0 Å². The summed E-state index contributed by atoms with van der Waals surface area (Å²) >= 11 is 3.51. The van der Waals surface area contributed by atoms with E-state index in [1.165, 1.54) is 0 Å². The van der Waals surface area contributed by atoms with Gasteiger partial charge in [0.1, 0.15) is 0 Å². The number of hydrogen-bond acceptors (Lipinski definition) is 1. The zero-order chi connectivity index (χ0) is 15.7. The van der Waals surface area contributed by atoms with E-state index >= 15 is 0 Å². The van der Waals surface area contributed by atoms with Crippen LogP contribution in [0.3, 0.4) is 0 Å². The molecular weight excluding hydrogens is 338 g/mol. The number of rotatable bonds is 3. The van der Waals surface area contributed by atoms with Crippen molar-refractivity contribution >= 4 is 26.7 Å². The van der Waals surface area contributed by atoms with Gasteiger partial charge in [0.05, 0.1) is 0 Å². The number of nitrogens with zero attached hydrogens (tertiary/aromatic N) is 1. The van der Waals surface area contributed by atoms with Crippen molar-refractivity contribution in [1.82, 2.24) is 4.57 Å². The molecule has 112 valence electrons. The van der Waals surface area contributed by atoms with Gasteiger partial charge in [-0.15, -0.1) is 0 Å². The first-order chi connectivity index (χ1) is 10.6. The summed E-state index contributed by atoms with van der Waals surface area (Å²) in [6.45, 7) is 4.98. The molecule has 0 aliphatic carbocycles. The maximum Gasteiger partial charge on any atom is 0.258 e. The SMILES string of the molecule is CC(C)Cn1cc(-c2ccccc2)c2cc(Br)ccc2c1=O. The van der Waals surface area contributed by atoms with E-state index < -0.39 is 0 Å². The van der Waals surface area contributed by atoms with E-state index in [0.717, 1.165) is 32.9 Å². The molecule has 2 aromatic carbocycles. The zero-order valence-corrected chi connectivity index (χ0v) is 14.3. The van der Waals surface area contributed by atoms with Crippen molar-refractivity contribution in [3.8, 4) is 11.1 Å². The van der Waals surface area contributed by atoms with Gasteiger partial charge < -0.3 is 4.57 Å². The molecule has 22 heavy (non-hydrogen) atoms. The summed E-state index contributed by atoms with van der Waals surface area (Å²) in [7, 11) is 0. The topological polar surface area (TPSA) is 22.0 Å². The minimum absolute atomic E-state index is 0.0795. The molecule has 0 saturated carbocycles. The molecule has 0 saturated heterocycles. The molecule has 0 radical (unpaired) electrons. The lowest BCUT2D eigenvalue weighted by Crippen LogP contribution is -2.22. The molecule has 1 heterocycles.